The molecule has 4 aromatic heterocycles. The Morgan fingerprint density at radius 1 is 0.327 bits per heavy atom. The summed E-state index contributed by atoms with van der Waals surface area (Å²) in [4.78, 5) is 17.3. The molecule has 5 aromatic carbocycles. The van der Waals surface area contributed by atoms with E-state index in [4.69, 9.17) is 0 Å². The van der Waals surface area contributed by atoms with Gasteiger partial charge in [0, 0.05) is 47.6 Å². The van der Waals surface area contributed by atoms with Crippen LogP contribution in [0, 0.1) is 24.3 Å². The zero-order valence-corrected chi connectivity index (χ0v) is 32.3. The summed E-state index contributed by atoms with van der Waals surface area (Å²) in [5, 5.41) is 4.78. The minimum absolute atomic E-state index is 0. The zero-order chi connectivity index (χ0) is 33.8. The Bertz CT molecular complexity index is 2090. The molecule has 52 heavy (non-hydrogen) atoms. The maximum absolute atomic E-state index is 4.33. The number of fused-ring (bicyclic) bond motifs is 2. The third-order valence-electron chi connectivity index (χ3n) is 7.80. The minimum atomic E-state index is 0. The van der Waals surface area contributed by atoms with Crippen molar-refractivity contribution in [3.63, 3.8) is 0 Å². The first kappa shape index (κ1) is 37.8. The van der Waals surface area contributed by atoms with Crippen molar-refractivity contribution in [3.8, 4) is 45.0 Å². The smallest absolute Gasteiger partial charge is 0.295 e. The van der Waals surface area contributed by atoms with Crippen molar-refractivity contribution in [2.45, 2.75) is 0 Å². The van der Waals surface area contributed by atoms with Crippen LogP contribution in [0.25, 0.3) is 66.6 Å². The molecule has 4 nitrogen and oxygen atoms in total. The van der Waals surface area contributed by atoms with Crippen molar-refractivity contribution in [3.05, 3.63) is 207 Å². The summed E-state index contributed by atoms with van der Waals surface area (Å²) < 4.78 is 0. The Labute approximate surface area is 333 Å². The van der Waals surface area contributed by atoms with Gasteiger partial charge < -0.3 is 0 Å². The number of benzene rings is 5. The van der Waals surface area contributed by atoms with E-state index < -0.39 is 0 Å². The Morgan fingerprint density at radius 3 is 0.981 bits per heavy atom. The van der Waals surface area contributed by atoms with Crippen LogP contribution in [-0.2, 0) is 42.1 Å². The van der Waals surface area contributed by atoms with E-state index in [2.05, 4.69) is 68.5 Å². The van der Waals surface area contributed by atoms with E-state index in [1.165, 1.54) is 10.8 Å². The van der Waals surface area contributed by atoms with Gasteiger partial charge in [0.15, 0.2) is 0 Å². The fourth-order valence-corrected chi connectivity index (χ4v) is 5.36. The second kappa shape index (κ2) is 19.3. The summed E-state index contributed by atoms with van der Waals surface area (Å²) >= 11 is 0. The van der Waals surface area contributed by atoms with Crippen molar-refractivity contribution in [2.24, 2.45) is 0 Å². The van der Waals surface area contributed by atoms with Gasteiger partial charge in [-0.1, -0.05) is 70.8 Å². The molecule has 0 aliphatic carbocycles. The van der Waals surface area contributed by atoms with Gasteiger partial charge in [-0.05, 0) is 24.3 Å². The van der Waals surface area contributed by atoms with Crippen molar-refractivity contribution in [1.82, 2.24) is 19.9 Å². The van der Waals surface area contributed by atoms with Gasteiger partial charge in [0.05, 0.1) is 0 Å². The SMILES string of the molecule is [Pt+2].[Pt+2].[c-]1c(-c2ccccn2)cccc1-c1ccccn1.[c-]1c(-c2ccccn2)cccc1-c1ccccn1.[c-]1cccc2cc3ccc[c-]c3cc12. The van der Waals surface area contributed by atoms with Crippen LogP contribution >= 0.6 is 0 Å². The van der Waals surface area contributed by atoms with Crippen molar-refractivity contribution >= 4 is 21.5 Å². The van der Waals surface area contributed by atoms with Crippen LogP contribution in [0.1, 0.15) is 0 Å². The van der Waals surface area contributed by atoms with E-state index in [-0.39, 0.29) is 42.1 Å². The molecule has 0 bridgehead atoms. The van der Waals surface area contributed by atoms with Crippen LogP contribution in [0.3, 0.4) is 0 Å². The molecule has 9 rings (SSSR count). The number of aromatic nitrogens is 4. The molecule has 0 aliphatic rings. The van der Waals surface area contributed by atoms with Crippen LogP contribution in [0.2, 0.25) is 0 Å². The number of hydrogen-bond donors (Lipinski definition) is 0. The Hall–Kier alpha value is -5.40. The zero-order valence-electron chi connectivity index (χ0n) is 27.7. The predicted molar refractivity (Wildman–Crippen MR) is 203 cm³/mol. The standard InChI is InChI=1S/2C16H11N2.C14H8.2Pt/c2*1-3-10-17-15(8-1)13-6-5-7-14(12-13)16-9-2-4-11-18-16;1-2-6-12-10-14-8-4-3-7-13(14)9-11(12)5-1;;/h2*1-11H;1-5,7,9-10H;;/q2*-1;-2;2*+2. The normalized spacial score (nSPS) is 10.0. The molecule has 0 fully saturated rings. The van der Waals surface area contributed by atoms with E-state index >= 15 is 0 Å². The molecule has 0 saturated heterocycles. The Morgan fingerprint density at radius 2 is 0.673 bits per heavy atom. The number of rotatable bonds is 4. The molecule has 0 spiro atoms. The minimum Gasteiger partial charge on any atom is -0.295 e. The molecule has 9 aromatic rings. The summed E-state index contributed by atoms with van der Waals surface area (Å²) in [5.41, 5.74) is 7.64. The fraction of sp³-hybridized carbons (Fsp3) is 0. The summed E-state index contributed by atoms with van der Waals surface area (Å²) in [5.74, 6) is 0. The van der Waals surface area contributed by atoms with Crippen LogP contribution in [0.4, 0.5) is 0 Å². The molecule has 0 N–H and O–H groups in total. The van der Waals surface area contributed by atoms with E-state index in [9.17, 15) is 0 Å². The van der Waals surface area contributed by atoms with Gasteiger partial charge in [-0.3, -0.25) is 19.9 Å². The molecule has 0 amide bonds. The monoisotopic (exact) mass is 1030 g/mol. The summed E-state index contributed by atoms with van der Waals surface area (Å²) in [6, 6.07) is 65.1. The van der Waals surface area contributed by atoms with Crippen LogP contribution < -0.4 is 0 Å². The average molecular weight is 1030 g/mol. The van der Waals surface area contributed by atoms with E-state index in [1.807, 2.05) is 133 Å². The van der Waals surface area contributed by atoms with Crippen LogP contribution in [-0.4, -0.2) is 19.9 Å². The molecule has 254 valence electrons. The van der Waals surface area contributed by atoms with Crippen molar-refractivity contribution in [2.75, 3.05) is 0 Å². The molecule has 0 radical (unpaired) electrons. The second-order valence-corrected chi connectivity index (χ2v) is 11.2. The molecular formula is C46H30N4Pt2. The third kappa shape index (κ3) is 9.89. The molecule has 6 heteroatoms. The van der Waals surface area contributed by atoms with Gasteiger partial charge in [-0.15, -0.1) is 131 Å². The van der Waals surface area contributed by atoms with E-state index in [0.29, 0.717) is 0 Å². The maximum Gasteiger partial charge on any atom is 2.00 e. The number of pyridine rings is 4. The second-order valence-electron chi connectivity index (χ2n) is 11.2. The molecule has 0 aliphatic heterocycles. The topological polar surface area (TPSA) is 51.6 Å². The van der Waals surface area contributed by atoms with Gasteiger partial charge >= 0.3 is 42.1 Å². The first-order valence-electron chi connectivity index (χ1n) is 16.2. The fourth-order valence-electron chi connectivity index (χ4n) is 5.36. The summed E-state index contributed by atoms with van der Waals surface area (Å²) in [7, 11) is 0. The Kier molecular flexibility index (Phi) is 14.0. The number of hydrogen-bond acceptors (Lipinski definition) is 4. The van der Waals surface area contributed by atoms with Gasteiger partial charge in [0.1, 0.15) is 0 Å². The molecule has 4 heterocycles. The molecule has 0 unspecified atom stereocenters. The Balaban J connectivity index is 0.000000149. The van der Waals surface area contributed by atoms with Crippen molar-refractivity contribution < 1.29 is 42.1 Å². The van der Waals surface area contributed by atoms with Crippen LogP contribution in [0.15, 0.2) is 183 Å². The van der Waals surface area contributed by atoms with E-state index in [0.717, 1.165) is 55.8 Å². The van der Waals surface area contributed by atoms with Gasteiger partial charge in [0.25, 0.3) is 0 Å². The van der Waals surface area contributed by atoms with Gasteiger partial charge in [-0.2, -0.15) is 0 Å². The van der Waals surface area contributed by atoms with Gasteiger partial charge in [-0.25, -0.2) is 0 Å². The number of nitrogens with zero attached hydrogens (tertiary/aromatic N) is 4. The summed E-state index contributed by atoms with van der Waals surface area (Å²) in [6.07, 6.45) is 7.15. The average Bonchev–Trinajstić information content (AvgIpc) is 3.22. The molecule has 0 saturated carbocycles. The van der Waals surface area contributed by atoms with E-state index in [1.54, 1.807) is 24.8 Å². The first-order chi connectivity index (χ1) is 24.8. The predicted octanol–water partition coefficient (Wildman–Crippen LogP) is 10.8. The van der Waals surface area contributed by atoms with Crippen LogP contribution in [0.5, 0.6) is 0 Å². The largest absolute Gasteiger partial charge is 2.00 e. The first-order valence-corrected chi connectivity index (χ1v) is 16.2. The maximum atomic E-state index is 4.33. The van der Waals surface area contributed by atoms with Gasteiger partial charge in [0.2, 0.25) is 0 Å². The quantitative estimate of drug-likeness (QED) is 0.130. The van der Waals surface area contributed by atoms with Crippen molar-refractivity contribution in [1.29, 1.82) is 0 Å². The summed E-state index contributed by atoms with van der Waals surface area (Å²) in [6.45, 7) is 0. The third-order valence-corrected chi connectivity index (χ3v) is 7.80. The molecule has 0 atom stereocenters. The molecular weight excluding hydrogens is 999 g/mol.